The number of amides is 1. The zero-order chi connectivity index (χ0) is 26.7. The first-order valence-corrected chi connectivity index (χ1v) is 13.2. The fourth-order valence-electron chi connectivity index (χ4n) is 5.34. The molecule has 2 heterocycles. The molecule has 0 atom stereocenters. The average molecular weight is 522 g/mol. The zero-order valence-electron chi connectivity index (χ0n) is 21.6. The molecule has 0 bridgehead atoms. The molecule has 2 aromatic rings. The van der Waals surface area contributed by atoms with Gasteiger partial charge in [-0.15, -0.1) is 0 Å². The summed E-state index contributed by atoms with van der Waals surface area (Å²) >= 11 is 0. The lowest BCUT2D eigenvalue weighted by atomic mass is 9.78. The summed E-state index contributed by atoms with van der Waals surface area (Å²) in [6.45, 7) is 5.99. The van der Waals surface area contributed by atoms with Crippen molar-refractivity contribution in [1.82, 2.24) is 10.2 Å². The van der Waals surface area contributed by atoms with Gasteiger partial charge in [0, 0.05) is 59.7 Å². The SMILES string of the molecule is CC/C(F)=C\C=C(/CF)Nc1ccc2c(c1)CCc1ccc(C(=O)NCCN3CC4(COC4)C3)cc1C2=O. The summed E-state index contributed by atoms with van der Waals surface area (Å²) in [5.74, 6) is -0.646. The number of ether oxygens (including phenoxy) is 1. The lowest BCUT2D eigenvalue weighted by Gasteiger charge is -2.55. The molecular weight excluding hydrogens is 488 g/mol. The summed E-state index contributed by atoms with van der Waals surface area (Å²) < 4.78 is 32.2. The number of alkyl halides is 1. The lowest BCUT2D eigenvalue weighted by Crippen LogP contribution is -2.66. The highest BCUT2D eigenvalue weighted by molar-refractivity contribution is 6.12. The van der Waals surface area contributed by atoms with Crippen molar-refractivity contribution in [3.63, 3.8) is 0 Å². The average Bonchev–Trinajstić information content (AvgIpc) is 3.02. The van der Waals surface area contributed by atoms with Gasteiger partial charge in [0.2, 0.25) is 0 Å². The topological polar surface area (TPSA) is 70.7 Å². The molecule has 2 aliphatic heterocycles. The Morgan fingerprint density at radius 3 is 2.58 bits per heavy atom. The number of anilines is 1. The maximum absolute atomic E-state index is 13.5. The highest BCUT2D eigenvalue weighted by atomic mass is 19.1. The molecule has 0 aromatic heterocycles. The van der Waals surface area contributed by atoms with Crippen LogP contribution in [0.25, 0.3) is 0 Å². The molecule has 5 rings (SSSR count). The van der Waals surface area contributed by atoms with Gasteiger partial charge in [-0.05, 0) is 72.9 Å². The van der Waals surface area contributed by atoms with E-state index in [0.717, 1.165) is 44.0 Å². The number of ketones is 1. The van der Waals surface area contributed by atoms with Gasteiger partial charge in [0.15, 0.2) is 5.78 Å². The van der Waals surface area contributed by atoms with Crippen molar-refractivity contribution in [3.8, 4) is 0 Å². The minimum Gasteiger partial charge on any atom is -0.380 e. The summed E-state index contributed by atoms with van der Waals surface area (Å²) in [5, 5.41) is 5.96. The second kappa shape index (κ2) is 11.2. The minimum atomic E-state index is -0.770. The lowest BCUT2D eigenvalue weighted by molar-refractivity contribution is -0.188. The largest absolute Gasteiger partial charge is 0.380 e. The zero-order valence-corrected chi connectivity index (χ0v) is 21.6. The third-order valence-electron chi connectivity index (χ3n) is 7.53. The number of carbonyl (C=O) groups is 2. The van der Waals surface area contributed by atoms with Crippen molar-refractivity contribution < 1.29 is 23.1 Å². The number of carbonyl (C=O) groups excluding carboxylic acids is 2. The Morgan fingerprint density at radius 2 is 1.87 bits per heavy atom. The number of aryl methyl sites for hydroxylation is 2. The maximum Gasteiger partial charge on any atom is 0.251 e. The Hall–Kier alpha value is -3.36. The normalized spacial score (nSPS) is 18.7. The van der Waals surface area contributed by atoms with E-state index in [9.17, 15) is 18.4 Å². The third-order valence-corrected chi connectivity index (χ3v) is 7.53. The number of allylic oxidation sites excluding steroid dienone is 4. The van der Waals surface area contributed by atoms with Gasteiger partial charge in [0.05, 0.1) is 19.0 Å². The van der Waals surface area contributed by atoms with Crippen LogP contribution in [0.5, 0.6) is 0 Å². The van der Waals surface area contributed by atoms with E-state index in [-0.39, 0.29) is 29.6 Å². The molecule has 0 radical (unpaired) electrons. The highest BCUT2D eigenvalue weighted by Crippen LogP contribution is 2.37. The van der Waals surface area contributed by atoms with Crippen LogP contribution in [0.1, 0.15) is 50.8 Å². The molecule has 2 aromatic carbocycles. The molecule has 2 saturated heterocycles. The van der Waals surface area contributed by atoms with Crippen molar-refractivity contribution in [3.05, 3.63) is 87.9 Å². The highest BCUT2D eigenvalue weighted by Gasteiger charge is 2.48. The molecule has 3 aliphatic rings. The van der Waals surface area contributed by atoms with E-state index in [1.165, 1.54) is 12.2 Å². The predicted octanol–water partition coefficient (Wildman–Crippen LogP) is 4.61. The number of fused-ring (bicyclic) bond motifs is 2. The molecule has 38 heavy (non-hydrogen) atoms. The summed E-state index contributed by atoms with van der Waals surface area (Å²) in [6.07, 6.45) is 4.18. The number of likely N-dealkylation sites (tertiary alicyclic amines) is 1. The molecule has 2 fully saturated rings. The van der Waals surface area contributed by atoms with Gasteiger partial charge >= 0.3 is 0 Å². The first-order chi connectivity index (χ1) is 18.4. The number of benzene rings is 2. The second-order valence-electron chi connectivity index (χ2n) is 10.4. The number of nitrogens with one attached hydrogen (secondary N) is 2. The fraction of sp³-hybridized carbons (Fsp3) is 0.400. The van der Waals surface area contributed by atoms with E-state index in [0.29, 0.717) is 47.2 Å². The first kappa shape index (κ1) is 26.3. The number of hydrogen-bond acceptors (Lipinski definition) is 5. The van der Waals surface area contributed by atoms with Gasteiger partial charge in [-0.3, -0.25) is 9.59 Å². The molecule has 0 unspecified atom stereocenters. The van der Waals surface area contributed by atoms with Gasteiger partial charge in [-0.25, -0.2) is 8.78 Å². The van der Waals surface area contributed by atoms with Gasteiger partial charge in [0.25, 0.3) is 5.91 Å². The summed E-state index contributed by atoms with van der Waals surface area (Å²) in [4.78, 5) is 28.6. The first-order valence-electron chi connectivity index (χ1n) is 13.2. The van der Waals surface area contributed by atoms with Crippen molar-refractivity contribution in [2.75, 3.05) is 51.4 Å². The van der Waals surface area contributed by atoms with Crippen LogP contribution in [0.3, 0.4) is 0 Å². The maximum atomic E-state index is 13.5. The van der Waals surface area contributed by atoms with Crippen LogP contribution in [-0.2, 0) is 17.6 Å². The minimum absolute atomic E-state index is 0.128. The van der Waals surface area contributed by atoms with Crippen LogP contribution in [-0.4, -0.2) is 62.7 Å². The van der Waals surface area contributed by atoms with E-state index in [2.05, 4.69) is 15.5 Å². The van der Waals surface area contributed by atoms with E-state index in [1.807, 2.05) is 12.1 Å². The van der Waals surface area contributed by atoms with Gasteiger partial charge in [-0.2, -0.15) is 0 Å². The Kier molecular flexibility index (Phi) is 7.72. The van der Waals surface area contributed by atoms with Crippen molar-refractivity contribution >= 4 is 17.4 Å². The number of rotatable bonds is 9. The summed E-state index contributed by atoms with van der Waals surface area (Å²) in [5.41, 5.74) is 4.54. The van der Waals surface area contributed by atoms with Crippen LogP contribution >= 0.6 is 0 Å². The van der Waals surface area contributed by atoms with E-state index in [1.54, 1.807) is 31.2 Å². The molecule has 1 spiro atoms. The Balaban J connectivity index is 1.24. The van der Waals surface area contributed by atoms with Crippen molar-refractivity contribution in [2.24, 2.45) is 5.41 Å². The van der Waals surface area contributed by atoms with Crippen molar-refractivity contribution in [1.29, 1.82) is 0 Å². The van der Waals surface area contributed by atoms with Crippen LogP contribution in [0, 0.1) is 5.41 Å². The molecular formula is C30H33F2N3O3. The second-order valence-corrected chi connectivity index (χ2v) is 10.4. The monoisotopic (exact) mass is 521 g/mol. The third kappa shape index (κ3) is 5.56. The van der Waals surface area contributed by atoms with Gasteiger partial charge < -0.3 is 20.3 Å². The fourth-order valence-corrected chi connectivity index (χ4v) is 5.34. The number of hydrogen-bond donors (Lipinski definition) is 2. The van der Waals surface area contributed by atoms with Crippen LogP contribution < -0.4 is 10.6 Å². The summed E-state index contributed by atoms with van der Waals surface area (Å²) in [7, 11) is 0. The molecule has 6 nitrogen and oxygen atoms in total. The van der Waals surface area contributed by atoms with Crippen LogP contribution in [0.2, 0.25) is 0 Å². The smallest absolute Gasteiger partial charge is 0.251 e. The summed E-state index contributed by atoms with van der Waals surface area (Å²) in [6, 6.07) is 10.6. The standard InChI is InChI=1S/C30H33F2N3O3/c1-2-23(32)7-8-25(15-31)34-24-9-10-26-21(13-24)5-3-20-4-6-22(14-27(20)28(26)36)29(37)33-11-12-35-16-30(17-35)18-38-19-30/h4,6-10,13-14,34H,2-3,5,11-12,15-19H2,1H3,(H,33,37)/b23-7+,25-8+. The van der Waals surface area contributed by atoms with Crippen LogP contribution in [0.15, 0.2) is 60.1 Å². The van der Waals surface area contributed by atoms with E-state index >= 15 is 0 Å². The molecule has 2 N–H and O–H groups in total. The van der Waals surface area contributed by atoms with E-state index < -0.39 is 6.67 Å². The molecule has 1 amide bonds. The predicted molar refractivity (Wildman–Crippen MR) is 143 cm³/mol. The van der Waals surface area contributed by atoms with Crippen LogP contribution in [0.4, 0.5) is 14.5 Å². The Morgan fingerprint density at radius 1 is 1.08 bits per heavy atom. The Bertz CT molecular complexity index is 1290. The number of nitrogens with zero attached hydrogens (tertiary/aromatic N) is 1. The molecule has 8 heteroatoms. The Labute approximate surface area is 221 Å². The molecule has 0 saturated carbocycles. The molecule has 1 aliphatic carbocycles. The van der Waals surface area contributed by atoms with Gasteiger partial charge in [-0.1, -0.05) is 13.0 Å². The molecule has 200 valence electrons. The van der Waals surface area contributed by atoms with Crippen molar-refractivity contribution in [2.45, 2.75) is 26.2 Å². The number of halogens is 2. The van der Waals surface area contributed by atoms with Gasteiger partial charge in [0.1, 0.15) is 6.67 Å². The quantitative estimate of drug-likeness (QED) is 0.472. The van der Waals surface area contributed by atoms with E-state index in [4.69, 9.17) is 4.74 Å².